The number of aliphatic hydroxyl groups is 1. The Labute approximate surface area is 149 Å². The molecule has 1 aliphatic carbocycles. The van der Waals surface area contributed by atoms with E-state index >= 15 is 0 Å². The Balaban J connectivity index is 1.94. The van der Waals surface area contributed by atoms with Crippen molar-refractivity contribution in [1.82, 2.24) is 24.5 Å². The Kier molecular flexibility index (Phi) is 3.96. The number of hydrogen-bond donors (Lipinski definition) is 1. The molecule has 0 fully saturated rings. The highest BCUT2D eigenvalue weighted by atomic mass is 32.1. The van der Waals surface area contributed by atoms with Crippen LogP contribution >= 0.6 is 11.3 Å². The van der Waals surface area contributed by atoms with E-state index in [2.05, 4.69) is 17.0 Å². The lowest BCUT2D eigenvalue weighted by Gasteiger charge is -2.18. The molecule has 0 saturated carbocycles. The normalized spacial score (nSPS) is 17.2. The molecule has 3 aromatic heterocycles. The quantitative estimate of drug-likeness (QED) is 0.775. The van der Waals surface area contributed by atoms with E-state index in [-0.39, 0.29) is 24.9 Å². The molecular weight excluding hydrogens is 338 g/mol. The number of likely N-dealkylation sites (N-methyl/N-ethyl adjacent to an activating group) is 1. The van der Waals surface area contributed by atoms with E-state index in [0.717, 1.165) is 34.5 Å². The Morgan fingerprint density at radius 2 is 2.24 bits per heavy atom. The van der Waals surface area contributed by atoms with Crippen molar-refractivity contribution in [2.24, 2.45) is 0 Å². The van der Waals surface area contributed by atoms with Crippen LogP contribution in [0.3, 0.4) is 0 Å². The summed E-state index contributed by atoms with van der Waals surface area (Å²) in [6.45, 7) is 4.30. The maximum Gasteiger partial charge on any atom is 0.293 e. The molecule has 7 nitrogen and oxygen atoms in total. The highest BCUT2D eigenvalue weighted by Gasteiger charge is 2.27. The number of aryl methyl sites for hydroxylation is 2. The Morgan fingerprint density at radius 3 is 3.00 bits per heavy atom. The lowest BCUT2D eigenvalue weighted by Crippen LogP contribution is -2.30. The van der Waals surface area contributed by atoms with E-state index in [4.69, 9.17) is 10.1 Å². The minimum absolute atomic E-state index is 0.0873. The third-order valence-electron chi connectivity index (χ3n) is 4.91. The lowest BCUT2D eigenvalue weighted by atomic mass is 9.87. The van der Waals surface area contributed by atoms with Crippen molar-refractivity contribution in [2.45, 2.75) is 39.0 Å². The number of rotatable bonds is 3. The van der Waals surface area contributed by atoms with Crippen LogP contribution < -0.4 is 0 Å². The van der Waals surface area contributed by atoms with Gasteiger partial charge in [-0.05, 0) is 37.7 Å². The second-order valence-electron chi connectivity index (χ2n) is 6.69. The number of aromatic nitrogens is 4. The average molecular weight is 359 g/mol. The fraction of sp³-hybridized carbons (Fsp3) is 0.529. The zero-order chi connectivity index (χ0) is 17.7. The molecule has 3 heterocycles. The molecule has 1 amide bonds. The second kappa shape index (κ2) is 6.03. The average Bonchev–Trinajstić information content (AvgIpc) is 3.16. The van der Waals surface area contributed by atoms with Crippen LogP contribution in [0, 0.1) is 6.92 Å². The molecule has 0 spiro atoms. The third kappa shape index (κ3) is 2.51. The fourth-order valence-corrected chi connectivity index (χ4v) is 4.97. The van der Waals surface area contributed by atoms with Crippen LogP contribution in [0.1, 0.15) is 52.6 Å². The van der Waals surface area contributed by atoms with Crippen molar-refractivity contribution in [2.75, 3.05) is 20.2 Å². The molecule has 4 rings (SSSR count). The molecule has 132 valence electrons. The number of fused-ring (bicyclic) bond motifs is 5. The van der Waals surface area contributed by atoms with Gasteiger partial charge in [0.2, 0.25) is 5.82 Å². The topological polar surface area (TPSA) is 83.6 Å². The predicted molar refractivity (Wildman–Crippen MR) is 96.3 cm³/mol. The first kappa shape index (κ1) is 16.4. The summed E-state index contributed by atoms with van der Waals surface area (Å²) in [5.41, 5.74) is 2.05. The first-order valence-corrected chi connectivity index (χ1v) is 9.38. The zero-order valence-electron chi connectivity index (χ0n) is 14.6. The zero-order valence-corrected chi connectivity index (χ0v) is 15.4. The van der Waals surface area contributed by atoms with Crippen LogP contribution in [0.5, 0.6) is 0 Å². The molecule has 1 atom stereocenters. The van der Waals surface area contributed by atoms with Gasteiger partial charge in [-0.15, -0.1) is 16.4 Å². The van der Waals surface area contributed by atoms with E-state index in [1.807, 2.05) is 6.92 Å². The maximum atomic E-state index is 12.5. The van der Waals surface area contributed by atoms with Gasteiger partial charge in [-0.2, -0.15) is 4.52 Å². The molecule has 1 aliphatic rings. The molecule has 0 unspecified atom stereocenters. The van der Waals surface area contributed by atoms with Crippen LogP contribution in [-0.4, -0.2) is 55.7 Å². The van der Waals surface area contributed by atoms with Gasteiger partial charge in [0, 0.05) is 18.5 Å². The summed E-state index contributed by atoms with van der Waals surface area (Å²) < 4.78 is 1.68. The summed E-state index contributed by atoms with van der Waals surface area (Å²) in [6.07, 6.45) is 3.46. The van der Waals surface area contributed by atoms with Crippen molar-refractivity contribution in [3.63, 3.8) is 0 Å². The number of hydrogen-bond acceptors (Lipinski definition) is 6. The SMILES string of the molecule is Cc1nc2sc3c(c2c2nc(C(=O)N(C)CCO)nn12)[C@H](C)CCC3. The first-order chi connectivity index (χ1) is 12.0. The summed E-state index contributed by atoms with van der Waals surface area (Å²) in [7, 11) is 1.64. The van der Waals surface area contributed by atoms with E-state index in [1.54, 1.807) is 22.9 Å². The van der Waals surface area contributed by atoms with Crippen LogP contribution in [0.4, 0.5) is 0 Å². The van der Waals surface area contributed by atoms with Crippen LogP contribution in [0.2, 0.25) is 0 Å². The number of carbonyl (C=O) groups is 1. The Morgan fingerprint density at radius 1 is 1.44 bits per heavy atom. The Hall–Kier alpha value is -2.06. The molecule has 0 radical (unpaired) electrons. The van der Waals surface area contributed by atoms with Gasteiger partial charge < -0.3 is 10.0 Å². The highest BCUT2D eigenvalue weighted by Crippen LogP contribution is 2.42. The van der Waals surface area contributed by atoms with E-state index in [1.165, 1.54) is 21.8 Å². The molecule has 0 aliphatic heterocycles. The largest absolute Gasteiger partial charge is 0.395 e. The highest BCUT2D eigenvalue weighted by molar-refractivity contribution is 7.19. The van der Waals surface area contributed by atoms with Crippen molar-refractivity contribution in [3.8, 4) is 0 Å². The number of carbonyl (C=O) groups excluding carboxylic acids is 1. The van der Waals surface area contributed by atoms with E-state index in [0.29, 0.717) is 5.92 Å². The Bertz CT molecular complexity index is 977. The number of thiophene rings is 1. The monoisotopic (exact) mass is 359 g/mol. The molecule has 8 heteroatoms. The van der Waals surface area contributed by atoms with Crippen molar-refractivity contribution in [3.05, 3.63) is 22.1 Å². The van der Waals surface area contributed by atoms with Gasteiger partial charge in [-0.25, -0.2) is 9.97 Å². The number of nitrogens with zero attached hydrogens (tertiary/aromatic N) is 5. The second-order valence-corrected chi connectivity index (χ2v) is 7.78. The van der Waals surface area contributed by atoms with Crippen LogP contribution in [0.25, 0.3) is 15.9 Å². The smallest absolute Gasteiger partial charge is 0.293 e. The molecule has 0 aromatic carbocycles. The maximum absolute atomic E-state index is 12.5. The molecule has 0 saturated heterocycles. The third-order valence-corrected chi connectivity index (χ3v) is 6.07. The van der Waals surface area contributed by atoms with Gasteiger partial charge in [0.25, 0.3) is 5.91 Å². The first-order valence-electron chi connectivity index (χ1n) is 8.56. The molecule has 3 aromatic rings. The van der Waals surface area contributed by atoms with Crippen molar-refractivity contribution in [1.29, 1.82) is 0 Å². The predicted octanol–water partition coefficient (Wildman–Crippen LogP) is 2.15. The summed E-state index contributed by atoms with van der Waals surface area (Å²) in [6, 6.07) is 0. The minimum atomic E-state index is -0.289. The van der Waals surface area contributed by atoms with Crippen molar-refractivity contribution < 1.29 is 9.90 Å². The van der Waals surface area contributed by atoms with Crippen molar-refractivity contribution >= 4 is 33.1 Å². The fourth-order valence-electron chi connectivity index (χ4n) is 3.60. The molecular formula is C17H21N5O2S. The minimum Gasteiger partial charge on any atom is -0.395 e. The van der Waals surface area contributed by atoms with Gasteiger partial charge in [0.05, 0.1) is 12.0 Å². The molecule has 0 bridgehead atoms. The van der Waals surface area contributed by atoms with Gasteiger partial charge in [-0.3, -0.25) is 4.79 Å². The van der Waals surface area contributed by atoms with Gasteiger partial charge in [0.15, 0.2) is 5.65 Å². The van der Waals surface area contributed by atoms with Gasteiger partial charge >= 0.3 is 0 Å². The lowest BCUT2D eigenvalue weighted by molar-refractivity contribution is 0.0755. The number of aliphatic hydroxyl groups excluding tert-OH is 1. The van der Waals surface area contributed by atoms with Crippen LogP contribution in [-0.2, 0) is 6.42 Å². The number of amides is 1. The van der Waals surface area contributed by atoms with Gasteiger partial charge in [-0.1, -0.05) is 6.92 Å². The van der Waals surface area contributed by atoms with Gasteiger partial charge in [0.1, 0.15) is 10.7 Å². The summed E-state index contributed by atoms with van der Waals surface area (Å²) >= 11 is 1.74. The van der Waals surface area contributed by atoms with E-state index in [9.17, 15) is 4.79 Å². The molecule has 25 heavy (non-hydrogen) atoms. The van der Waals surface area contributed by atoms with Crippen LogP contribution in [0.15, 0.2) is 0 Å². The standard InChI is InChI=1S/C17H21N5O2S/c1-9-5-4-6-11-12(9)13-15-19-14(17(24)21(3)7-8-23)20-22(15)10(2)18-16(13)25-11/h9,23H,4-8H2,1-3H3/t9-/m1/s1. The summed E-state index contributed by atoms with van der Waals surface area (Å²) in [5, 5.41) is 14.5. The van der Waals surface area contributed by atoms with E-state index < -0.39 is 0 Å². The summed E-state index contributed by atoms with van der Waals surface area (Å²) in [5.74, 6) is 1.06. The molecule has 1 N–H and O–H groups in total. The summed E-state index contributed by atoms with van der Waals surface area (Å²) in [4.78, 5) is 25.6.